The fourth-order valence-corrected chi connectivity index (χ4v) is 3.93. The maximum atomic E-state index is 12.7. The van der Waals surface area contributed by atoms with Crippen molar-refractivity contribution in [1.29, 1.82) is 0 Å². The van der Waals surface area contributed by atoms with E-state index in [2.05, 4.69) is 0 Å². The Kier molecular flexibility index (Phi) is 5.30. The van der Waals surface area contributed by atoms with Crippen molar-refractivity contribution in [3.05, 3.63) is 66.2 Å². The van der Waals surface area contributed by atoms with Crippen LogP contribution in [0.1, 0.15) is 12.0 Å². The molecule has 0 aromatic heterocycles. The van der Waals surface area contributed by atoms with Gasteiger partial charge in [-0.2, -0.15) is 0 Å². The Bertz CT molecular complexity index is 714. The fourth-order valence-electron chi connectivity index (χ4n) is 2.22. The van der Waals surface area contributed by atoms with E-state index in [9.17, 15) is 13.2 Å². The summed E-state index contributed by atoms with van der Waals surface area (Å²) in [5, 5.41) is 7.75. The maximum Gasteiger partial charge on any atom is 0.244 e. The SMILES string of the molecule is O=C(CC(Cc1ccccc1)S(=O)(=O)c1ccccc1)NO. The van der Waals surface area contributed by atoms with E-state index in [1.54, 1.807) is 18.2 Å². The van der Waals surface area contributed by atoms with E-state index in [1.807, 2.05) is 30.3 Å². The lowest BCUT2D eigenvalue weighted by Gasteiger charge is -2.17. The first-order valence-electron chi connectivity index (χ1n) is 6.80. The number of hydroxylamine groups is 1. The van der Waals surface area contributed by atoms with Crippen molar-refractivity contribution in [3.63, 3.8) is 0 Å². The number of carbonyl (C=O) groups is 1. The topological polar surface area (TPSA) is 83.5 Å². The zero-order valence-corrected chi connectivity index (χ0v) is 12.7. The summed E-state index contributed by atoms with van der Waals surface area (Å²) in [6.07, 6.45) is -0.103. The summed E-state index contributed by atoms with van der Waals surface area (Å²) in [6.45, 7) is 0. The number of rotatable bonds is 6. The van der Waals surface area contributed by atoms with Crippen molar-refractivity contribution in [2.45, 2.75) is 23.0 Å². The predicted molar refractivity (Wildman–Crippen MR) is 82.1 cm³/mol. The molecule has 0 heterocycles. The van der Waals surface area contributed by atoms with Gasteiger partial charge < -0.3 is 0 Å². The highest BCUT2D eigenvalue weighted by molar-refractivity contribution is 7.92. The van der Waals surface area contributed by atoms with Crippen LogP contribution >= 0.6 is 0 Å². The summed E-state index contributed by atoms with van der Waals surface area (Å²) in [7, 11) is -3.68. The zero-order chi connectivity index (χ0) is 16.0. The van der Waals surface area contributed by atoms with Crippen LogP contribution in [0.4, 0.5) is 0 Å². The number of nitrogens with one attached hydrogen (secondary N) is 1. The van der Waals surface area contributed by atoms with Crippen LogP contribution in [0, 0.1) is 0 Å². The van der Waals surface area contributed by atoms with Gasteiger partial charge in [0.1, 0.15) is 0 Å². The molecule has 0 saturated carbocycles. The molecule has 0 fully saturated rings. The molecule has 2 aromatic carbocycles. The van der Waals surface area contributed by atoms with E-state index in [-0.39, 0.29) is 17.7 Å². The quantitative estimate of drug-likeness (QED) is 0.630. The number of sulfone groups is 1. The highest BCUT2D eigenvalue weighted by Gasteiger charge is 2.29. The van der Waals surface area contributed by atoms with E-state index in [0.29, 0.717) is 0 Å². The molecule has 2 aromatic rings. The average Bonchev–Trinajstić information content (AvgIpc) is 2.56. The minimum Gasteiger partial charge on any atom is -0.289 e. The van der Waals surface area contributed by atoms with Crippen LogP contribution in [-0.2, 0) is 21.1 Å². The molecule has 1 amide bonds. The Hall–Kier alpha value is -2.18. The normalized spacial score (nSPS) is 12.6. The molecule has 1 atom stereocenters. The van der Waals surface area contributed by atoms with Gasteiger partial charge in [-0.25, -0.2) is 13.9 Å². The Morgan fingerprint density at radius 2 is 1.55 bits per heavy atom. The minimum absolute atomic E-state index is 0.168. The van der Waals surface area contributed by atoms with Crippen molar-refractivity contribution >= 4 is 15.7 Å². The summed E-state index contributed by atoms with van der Waals surface area (Å²) in [4.78, 5) is 11.6. The van der Waals surface area contributed by atoms with Crippen LogP contribution in [0.5, 0.6) is 0 Å². The molecular weight excluding hydrogens is 302 g/mol. The van der Waals surface area contributed by atoms with Gasteiger partial charge in [-0.15, -0.1) is 0 Å². The Labute approximate surface area is 129 Å². The number of carbonyl (C=O) groups excluding carboxylic acids is 1. The van der Waals surface area contributed by atoms with Crippen LogP contribution in [0.25, 0.3) is 0 Å². The number of amides is 1. The van der Waals surface area contributed by atoms with E-state index in [0.717, 1.165) is 5.56 Å². The Balaban J connectivity index is 2.33. The van der Waals surface area contributed by atoms with Crippen molar-refractivity contribution < 1.29 is 18.4 Å². The fraction of sp³-hybridized carbons (Fsp3) is 0.188. The van der Waals surface area contributed by atoms with Gasteiger partial charge in [0.05, 0.1) is 10.1 Å². The molecule has 0 bridgehead atoms. The molecule has 2 rings (SSSR count). The largest absolute Gasteiger partial charge is 0.289 e. The van der Waals surface area contributed by atoms with Crippen molar-refractivity contribution in [2.24, 2.45) is 0 Å². The standard InChI is InChI=1S/C16H17NO4S/c18-16(17-19)12-15(11-13-7-3-1-4-8-13)22(20,21)14-9-5-2-6-10-14/h1-10,15,19H,11-12H2,(H,17,18). The van der Waals surface area contributed by atoms with Crippen molar-refractivity contribution in [1.82, 2.24) is 5.48 Å². The smallest absolute Gasteiger partial charge is 0.244 e. The van der Waals surface area contributed by atoms with Crippen molar-refractivity contribution in [2.75, 3.05) is 0 Å². The molecule has 0 aliphatic rings. The van der Waals surface area contributed by atoms with Crippen LogP contribution in [0.3, 0.4) is 0 Å². The van der Waals surface area contributed by atoms with Gasteiger partial charge in [0.15, 0.2) is 9.84 Å². The van der Waals surface area contributed by atoms with Gasteiger partial charge in [0, 0.05) is 6.42 Å². The molecule has 1 unspecified atom stereocenters. The lowest BCUT2D eigenvalue weighted by atomic mass is 10.1. The summed E-state index contributed by atoms with van der Waals surface area (Å²) in [5.41, 5.74) is 2.32. The van der Waals surface area contributed by atoms with E-state index >= 15 is 0 Å². The average molecular weight is 319 g/mol. The molecule has 0 saturated heterocycles. The monoisotopic (exact) mass is 319 g/mol. The number of benzene rings is 2. The molecule has 116 valence electrons. The predicted octanol–water partition coefficient (Wildman–Crippen LogP) is 1.97. The van der Waals surface area contributed by atoms with Gasteiger partial charge >= 0.3 is 0 Å². The molecule has 6 heteroatoms. The molecule has 0 aliphatic carbocycles. The van der Waals surface area contributed by atoms with Crippen LogP contribution in [-0.4, -0.2) is 24.8 Å². The third-order valence-corrected chi connectivity index (χ3v) is 5.49. The highest BCUT2D eigenvalue weighted by atomic mass is 32.2. The van der Waals surface area contributed by atoms with Crippen LogP contribution in [0.15, 0.2) is 65.6 Å². The first kappa shape index (κ1) is 16.2. The summed E-state index contributed by atoms with van der Waals surface area (Å²) < 4.78 is 25.5. The lowest BCUT2D eigenvalue weighted by molar-refractivity contribution is -0.129. The van der Waals surface area contributed by atoms with Crippen LogP contribution in [0.2, 0.25) is 0 Å². The number of hydrogen-bond acceptors (Lipinski definition) is 4. The van der Waals surface area contributed by atoms with E-state index in [1.165, 1.54) is 17.6 Å². The molecule has 0 spiro atoms. The molecular formula is C16H17NO4S. The molecule has 22 heavy (non-hydrogen) atoms. The Morgan fingerprint density at radius 3 is 2.09 bits per heavy atom. The van der Waals surface area contributed by atoms with Gasteiger partial charge in [0.25, 0.3) is 0 Å². The number of hydrogen-bond donors (Lipinski definition) is 2. The molecule has 5 nitrogen and oxygen atoms in total. The third kappa shape index (κ3) is 3.93. The maximum absolute atomic E-state index is 12.7. The zero-order valence-electron chi connectivity index (χ0n) is 11.8. The first-order chi connectivity index (χ1) is 10.5. The summed E-state index contributed by atoms with van der Waals surface area (Å²) in [5.74, 6) is -0.722. The van der Waals surface area contributed by atoms with Gasteiger partial charge in [0.2, 0.25) is 5.91 Å². The lowest BCUT2D eigenvalue weighted by Crippen LogP contribution is -2.31. The second-order valence-electron chi connectivity index (χ2n) is 4.91. The van der Waals surface area contributed by atoms with Gasteiger partial charge in [-0.05, 0) is 24.1 Å². The van der Waals surface area contributed by atoms with Crippen molar-refractivity contribution in [3.8, 4) is 0 Å². The van der Waals surface area contributed by atoms with Crippen LogP contribution < -0.4 is 5.48 Å². The molecule has 2 N–H and O–H groups in total. The van der Waals surface area contributed by atoms with Gasteiger partial charge in [-0.3, -0.25) is 10.0 Å². The minimum atomic E-state index is -3.68. The van der Waals surface area contributed by atoms with Gasteiger partial charge in [-0.1, -0.05) is 48.5 Å². The highest BCUT2D eigenvalue weighted by Crippen LogP contribution is 2.21. The first-order valence-corrected chi connectivity index (χ1v) is 8.34. The second-order valence-corrected chi connectivity index (χ2v) is 7.14. The second kappa shape index (κ2) is 7.20. The Morgan fingerprint density at radius 1 is 1.00 bits per heavy atom. The van der Waals surface area contributed by atoms with E-state index < -0.39 is 21.0 Å². The summed E-state index contributed by atoms with van der Waals surface area (Å²) in [6, 6.07) is 17.1. The van der Waals surface area contributed by atoms with E-state index in [4.69, 9.17) is 5.21 Å². The summed E-state index contributed by atoms with van der Waals surface area (Å²) >= 11 is 0. The molecule has 0 radical (unpaired) electrons. The molecule has 0 aliphatic heterocycles. The third-order valence-electron chi connectivity index (χ3n) is 3.35.